The molecule has 4 nitrogen and oxygen atoms in total. The predicted molar refractivity (Wildman–Crippen MR) is 73.1 cm³/mol. The molecule has 6 heteroatoms. The SMILES string of the molecule is Cc1ccc(S(=O)(=O)Nc2ccc(C#N)cc2F)cc1. The number of sulfonamides is 1. The highest BCUT2D eigenvalue weighted by molar-refractivity contribution is 7.92. The van der Waals surface area contributed by atoms with E-state index in [2.05, 4.69) is 4.72 Å². The van der Waals surface area contributed by atoms with Gasteiger partial charge in [0.15, 0.2) is 0 Å². The summed E-state index contributed by atoms with van der Waals surface area (Å²) in [6, 6.07) is 11.5. The Bertz CT molecular complexity index is 778. The molecule has 20 heavy (non-hydrogen) atoms. The molecule has 2 rings (SSSR count). The van der Waals surface area contributed by atoms with Crippen molar-refractivity contribution >= 4 is 15.7 Å². The molecule has 0 aromatic heterocycles. The number of nitrogens with zero attached hydrogens (tertiary/aromatic N) is 1. The topological polar surface area (TPSA) is 70.0 Å². The lowest BCUT2D eigenvalue weighted by atomic mass is 10.2. The maximum atomic E-state index is 13.7. The van der Waals surface area contributed by atoms with Crippen LogP contribution in [-0.4, -0.2) is 8.42 Å². The van der Waals surface area contributed by atoms with E-state index in [1.165, 1.54) is 24.3 Å². The molecule has 0 aliphatic heterocycles. The quantitative estimate of drug-likeness (QED) is 0.945. The second-order valence-electron chi connectivity index (χ2n) is 4.22. The van der Waals surface area contributed by atoms with Crippen molar-refractivity contribution in [2.24, 2.45) is 0 Å². The standard InChI is InChI=1S/C14H11FN2O2S/c1-10-2-5-12(6-3-10)20(18,19)17-14-7-4-11(9-16)8-13(14)15/h2-8,17H,1H3. The number of benzene rings is 2. The van der Waals surface area contributed by atoms with Crippen LogP contribution >= 0.6 is 0 Å². The lowest BCUT2D eigenvalue weighted by molar-refractivity contribution is 0.598. The Morgan fingerprint density at radius 1 is 1.15 bits per heavy atom. The summed E-state index contributed by atoms with van der Waals surface area (Å²) in [6.07, 6.45) is 0. The van der Waals surface area contributed by atoms with Crippen LogP contribution < -0.4 is 4.72 Å². The molecular formula is C14H11FN2O2S. The first-order valence-electron chi connectivity index (χ1n) is 5.71. The van der Waals surface area contributed by atoms with Crippen LogP contribution in [0.5, 0.6) is 0 Å². The third-order valence-corrected chi connectivity index (χ3v) is 4.06. The van der Waals surface area contributed by atoms with Gasteiger partial charge in [-0.15, -0.1) is 0 Å². The van der Waals surface area contributed by atoms with E-state index in [-0.39, 0.29) is 16.1 Å². The summed E-state index contributed by atoms with van der Waals surface area (Å²) in [4.78, 5) is 0.0480. The second kappa shape index (κ2) is 5.31. The van der Waals surface area contributed by atoms with Gasteiger partial charge in [0.2, 0.25) is 0 Å². The van der Waals surface area contributed by atoms with Gasteiger partial charge in [0.25, 0.3) is 10.0 Å². The van der Waals surface area contributed by atoms with Crippen LogP contribution in [0.3, 0.4) is 0 Å². The number of anilines is 1. The summed E-state index contributed by atoms with van der Waals surface area (Å²) in [5.74, 6) is -0.792. The van der Waals surface area contributed by atoms with Gasteiger partial charge < -0.3 is 0 Å². The molecule has 0 bridgehead atoms. The van der Waals surface area contributed by atoms with Gasteiger partial charge in [-0.05, 0) is 37.3 Å². The molecule has 1 N–H and O–H groups in total. The van der Waals surface area contributed by atoms with Gasteiger partial charge in [-0.2, -0.15) is 5.26 Å². The summed E-state index contributed by atoms with van der Waals surface area (Å²) in [5.41, 5.74) is 0.860. The van der Waals surface area contributed by atoms with Crippen molar-refractivity contribution < 1.29 is 12.8 Å². The van der Waals surface area contributed by atoms with Crippen LogP contribution in [0.4, 0.5) is 10.1 Å². The lowest BCUT2D eigenvalue weighted by Crippen LogP contribution is -2.14. The largest absolute Gasteiger partial charge is 0.277 e. The molecule has 0 unspecified atom stereocenters. The van der Waals surface area contributed by atoms with Gasteiger partial charge in [-0.25, -0.2) is 12.8 Å². The minimum absolute atomic E-state index is 0.0480. The van der Waals surface area contributed by atoms with Crippen LogP contribution in [-0.2, 0) is 10.0 Å². The molecule has 0 spiro atoms. The molecule has 0 atom stereocenters. The summed E-state index contributed by atoms with van der Waals surface area (Å²) >= 11 is 0. The number of halogens is 1. The lowest BCUT2D eigenvalue weighted by Gasteiger charge is -2.09. The van der Waals surface area contributed by atoms with Gasteiger partial charge in [0.1, 0.15) is 5.82 Å². The Hall–Kier alpha value is -2.39. The Balaban J connectivity index is 2.34. The Morgan fingerprint density at radius 3 is 2.35 bits per heavy atom. The molecule has 0 saturated heterocycles. The van der Waals surface area contributed by atoms with E-state index < -0.39 is 15.8 Å². The molecule has 0 saturated carbocycles. The minimum Gasteiger partial charge on any atom is -0.277 e. The number of hydrogen-bond acceptors (Lipinski definition) is 3. The van der Waals surface area contributed by atoms with Crippen molar-refractivity contribution in [3.63, 3.8) is 0 Å². The van der Waals surface area contributed by atoms with Crippen molar-refractivity contribution in [1.82, 2.24) is 0 Å². The monoisotopic (exact) mass is 290 g/mol. The maximum Gasteiger partial charge on any atom is 0.261 e. The number of aryl methyl sites for hydroxylation is 1. The van der Waals surface area contributed by atoms with Gasteiger partial charge in [0, 0.05) is 0 Å². The molecule has 0 amide bonds. The van der Waals surface area contributed by atoms with E-state index in [1.54, 1.807) is 18.2 Å². The van der Waals surface area contributed by atoms with E-state index in [0.717, 1.165) is 11.6 Å². The predicted octanol–water partition coefficient (Wildman–Crippen LogP) is 2.81. The van der Waals surface area contributed by atoms with Gasteiger partial charge >= 0.3 is 0 Å². The number of nitrogens with one attached hydrogen (secondary N) is 1. The van der Waals surface area contributed by atoms with Crippen LogP contribution in [0.2, 0.25) is 0 Å². The summed E-state index contributed by atoms with van der Waals surface area (Å²) in [5, 5.41) is 8.63. The molecule has 2 aromatic rings. The smallest absolute Gasteiger partial charge is 0.261 e. The van der Waals surface area contributed by atoms with Crippen LogP contribution in [0.15, 0.2) is 47.4 Å². The first-order chi connectivity index (χ1) is 9.42. The average Bonchev–Trinajstić information content (AvgIpc) is 2.41. The molecule has 2 aromatic carbocycles. The Morgan fingerprint density at radius 2 is 1.80 bits per heavy atom. The highest BCUT2D eigenvalue weighted by atomic mass is 32.2. The van der Waals surface area contributed by atoms with Gasteiger partial charge in [-0.3, -0.25) is 4.72 Å². The molecule has 102 valence electrons. The first kappa shape index (κ1) is 14.0. The second-order valence-corrected chi connectivity index (χ2v) is 5.91. The molecule has 0 radical (unpaired) electrons. The average molecular weight is 290 g/mol. The molecule has 0 aliphatic carbocycles. The normalized spacial score (nSPS) is 10.8. The van der Waals surface area contributed by atoms with Crippen molar-refractivity contribution in [2.75, 3.05) is 4.72 Å². The highest BCUT2D eigenvalue weighted by Gasteiger charge is 2.16. The van der Waals surface area contributed by atoms with Crippen LogP contribution in [0.1, 0.15) is 11.1 Å². The summed E-state index contributed by atoms with van der Waals surface area (Å²) < 4.78 is 40.0. The third-order valence-electron chi connectivity index (χ3n) is 2.67. The maximum absolute atomic E-state index is 13.7. The van der Waals surface area contributed by atoms with E-state index >= 15 is 0 Å². The molecular weight excluding hydrogens is 279 g/mol. The van der Waals surface area contributed by atoms with E-state index in [0.29, 0.717) is 0 Å². The van der Waals surface area contributed by atoms with Crippen molar-refractivity contribution in [2.45, 2.75) is 11.8 Å². The van der Waals surface area contributed by atoms with Crippen molar-refractivity contribution in [3.8, 4) is 6.07 Å². The number of hydrogen-bond donors (Lipinski definition) is 1. The minimum atomic E-state index is -3.85. The number of rotatable bonds is 3. The highest BCUT2D eigenvalue weighted by Crippen LogP contribution is 2.20. The Labute approximate surface area is 116 Å². The van der Waals surface area contributed by atoms with Crippen molar-refractivity contribution in [3.05, 3.63) is 59.4 Å². The molecule has 0 fully saturated rings. The fraction of sp³-hybridized carbons (Fsp3) is 0.0714. The van der Waals surface area contributed by atoms with Gasteiger partial charge in [-0.1, -0.05) is 17.7 Å². The van der Waals surface area contributed by atoms with Crippen molar-refractivity contribution in [1.29, 1.82) is 5.26 Å². The third kappa shape index (κ3) is 2.95. The molecule has 0 aliphatic rings. The van der Waals surface area contributed by atoms with E-state index in [9.17, 15) is 12.8 Å². The van der Waals surface area contributed by atoms with E-state index in [4.69, 9.17) is 5.26 Å². The first-order valence-corrected chi connectivity index (χ1v) is 7.20. The summed E-state index contributed by atoms with van der Waals surface area (Å²) in [7, 11) is -3.85. The zero-order chi connectivity index (χ0) is 14.8. The van der Waals surface area contributed by atoms with E-state index in [1.807, 2.05) is 6.92 Å². The van der Waals surface area contributed by atoms with Gasteiger partial charge in [0.05, 0.1) is 22.2 Å². The summed E-state index contributed by atoms with van der Waals surface area (Å²) in [6.45, 7) is 1.84. The van der Waals surface area contributed by atoms with Crippen LogP contribution in [0.25, 0.3) is 0 Å². The zero-order valence-corrected chi connectivity index (χ0v) is 11.4. The number of nitriles is 1. The molecule has 0 heterocycles. The fourth-order valence-corrected chi connectivity index (χ4v) is 2.66. The Kier molecular flexibility index (Phi) is 3.72. The fourth-order valence-electron chi connectivity index (χ4n) is 1.59. The zero-order valence-electron chi connectivity index (χ0n) is 10.6. The van der Waals surface area contributed by atoms with Crippen LogP contribution in [0, 0.1) is 24.1 Å².